The largest absolute Gasteiger partial charge is 0.457 e. The highest BCUT2D eigenvalue weighted by atomic mass is 16.5. The molecule has 0 aliphatic carbocycles. The summed E-state index contributed by atoms with van der Waals surface area (Å²) < 4.78 is 7.93. The first-order chi connectivity index (χ1) is 14.6. The van der Waals surface area contributed by atoms with Crippen molar-refractivity contribution in [3.05, 3.63) is 72.1 Å². The molecule has 0 spiro atoms. The van der Waals surface area contributed by atoms with Crippen molar-refractivity contribution >= 4 is 28.6 Å². The minimum absolute atomic E-state index is 0.261. The third-order valence-corrected chi connectivity index (χ3v) is 4.90. The van der Waals surface area contributed by atoms with Crippen molar-refractivity contribution in [1.29, 1.82) is 0 Å². The third kappa shape index (κ3) is 3.96. The molecule has 0 radical (unpaired) electrons. The number of pyridine rings is 1. The molecule has 2 aromatic heterocycles. The van der Waals surface area contributed by atoms with Gasteiger partial charge in [0.15, 0.2) is 0 Å². The summed E-state index contributed by atoms with van der Waals surface area (Å²) in [6.45, 7) is 2.14. The van der Waals surface area contributed by atoms with Gasteiger partial charge in [-0.2, -0.15) is 0 Å². The molecule has 4 aromatic rings. The number of nitrogens with zero attached hydrogens (tertiary/aromatic N) is 3. The topological polar surface area (TPSA) is 81.1 Å². The lowest BCUT2D eigenvalue weighted by atomic mass is 10.1. The van der Waals surface area contributed by atoms with E-state index in [0.717, 1.165) is 29.1 Å². The minimum atomic E-state index is -0.261. The Balaban J connectivity index is 1.58. The van der Waals surface area contributed by atoms with Crippen LogP contribution in [0.3, 0.4) is 0 Å². The fourth-order valence-electron chi connectivity index (χ4n) is 3.17. The van der Waals surface area contributed by atoms with Gasteiger partial charge in [-0.15, -0.1) is 0 Å². The van der Waals surface area contributed by atoms with E-state index in [1.165, 1.54) is 5.56 Å². The second kappa shape index (κ2) is 8.24. The van der Waals surface area contributed by atoms with Crippen molar-refractivity contribution < 1.29 is 9.53 Å². The molecule has 0 atom stereocenters. The fourth-order valence-corrected chi connectivity index (χ4v) is 3.17. The Morgan fingerprint density at radius 2 is 1.83 bits per heavy atom. The molecular formula is C23H23N5O2. The van der Waals surface area contributed by atoms with Gasteiger partial charge in [0.25, 0.3) is 5.91 Å². The molecule has 2 aromatic carbocycles. The Labute approximate surface area is 174 Å². The Bertz CT molecular complexity index is 1200. The minimum Gasteiger partial charge on any atom is -0.457 e. The maximum Gasteiger partial charge on any atom is 0.269 e. The molecule has 7 nitrogen and oxygen atoms in total. The summed E-state index contributed by atoms with van der Waals surface area (Å²) in [6.07, 6.45) is 2.56. The molecule has 0 bridgehead atoms. The second-order valence-corrected chi connectivity index (χ2v) is 6.88. The number of aryl methyl sites for hydroxylation is 2. The quantitative estimate of drug-likeness (QED) is 0.500. The van der Waals surface area contributed by atoms with Gasteiger partial charge in [-0.25, -0.2) is 4.98 Å². The van der Waals surface area contributed by atoms with E-state index in [9.17, 15) is 4.79 Å². The summed E-state index contributed by atoms with van der Waals surface area (Å²) in [5.74, 6) is 1.65. The molecule has 0 saturated carbocycles. The van der Waals surface area contributed by atoms with Crippen LogP contribution in [0.2, 0.25) is 0 Å². The van der Waals surface area contributed by atoms with E-state index >= 15 is 0 Å². The Morgan fingerprint density at radius 3 is 2.57 bits per heavy atom. The monoisotopic (exact) mass is 401 g/mol. The number of imidazole rings is 1. The number of benzene rings is 2. The van der Waals surface area contributed by atoms with E-state index in [-0.39, 0.29) is 5.91 Å². The molecule has 30 heavy (non-hydrogen) atoms. The van der Waals surface area contributed by atoms with Gasteiger partial charge in [-0.1, -0.05) is 19.1 Å². The molecule has 2 N–H and O–H groups in total. The number of anilines is 2. The summed E-state index contributed by atoms with van der Waals surface area (Å²) in [4.78, 5) is 20.5. The number of ether oxygens (including phenoxy) is 1. The molecular weight excluding hydrogens is 378 g/mol. The zero-order valence-electron chi connectivity index (χ0n) is 17.1. The fraction of sp³-hybridized carbons (Fsp3) is 0.174. The molecule has 4 rings (SSSR count). The smallest absolute Gasteiger partial charge is 0.269 e. The number of aromatic nitrogens is 3. The van der Waals surface area contributed by atoms with Crippen molar-refractivity contribution in [3.63, 3.8) is 0 Å². The SMILES string of the molecule is CCc1ccc(Nc2nc3cc(Oc4ccnc(C(=O)NC)c4)ccc3n2C)cc1. The van der Waals surface area contributed by atoms with Crippen LogP contribution in [0.5, 0.6) is 11.5 Å². The van der Waals surface area contributed by atoms with Gasteiger partial charge in [0.1, 0.15) is 17.2 Å². The highest BCUT2D eigenvalue weighted by Gasteiger charge is 2.11. The summed E-state index contributed by atoms with van der Waals surface area (Å²) >= 11 is 0. The van der Waals surface area contributed by atoms with Gasteiger partial charge in [-0.3, -0.25) is 9.78 Å². The molecule has 7 heteroatoms. The van der Waals surface area contributed by atoms with E-state index < -0.39 is 0 Å². The predicted molar refractivity (Wildman–Crippen MR) is 118 cm³/mol. The maximum absolute atomic E-state index is 11.8. The van der Waals surface area contributed by atoms with Crippen molar-refractivity contribution in [2.75, 3.05) is 12.4 Å². The number of fused-ring (bicyclic) bond motifs is 1. The first-order valence-electron chi connectivity index (χ1n) is 9.76. The van der Waals surface area contributed by atoms with Gasteiger partial charge >= 0.3 is 0 Å². The normalized spacial score (nSPS) is 10.8. The molecule has 0 unspecified atom stereocenters. The second-order valence-electron chi connectivity index (χ2n) is 6.88. The molecule has 0 aliphatic rings. The number of rotatable bonds is 6. The summed E-state index contributed by atoms with van der Waals surface area (Å²) in [5, 5.41) is 5.92. The number of carbonyl (C=O) groups is 1. The zero-order valence-corrected chi connectivity index (χ0v) is 17.1. The summed E-state index contributed by atoms with van der Waals surface area (Å²) in [6, 6.07) is 17.4. The van der Waals surface area contributed by atoms with Crippen LogP contribution < -0.4 is 15.4 Å². The first kappa shape index (κ1) is 19.4. The van der Waals surface area contributed by atoms with Crippen LogP contribution >= 0.6 is 0 Å². The Kier molecular flexibility index (Phi) is 5.34. The highest BCUT2D eigenvalue weighted by Crippen LogP contribution is 2.28. The standard InChI is InChI=1S/C23H23N5O2/c1-4-15-5-7-16(8-6-15)26-23-27-19-13-17(9-10-21(19)28(23)3)30-18-11-12-25-20(14-18)22(29)24-2/h5-14H,4H2,1-3H3,(H,24,29)(H,26,27). The number of amides is 1. The number of carbonyl (C=O) groups excluding carboxylic acids is 1. The van der Waals surface area contributed by atoms with E-state index in [4.69, 9.17) is 9.72 Å². The Hall–Kier alpha value is -3.87. The van der Waals surface area contributed by atoms with E-state index in [2.05, 4.69) is 46.8 Å². The van der Waals surface area contributed by atoms with E-state index in [1.807, 2.05) is 29.8 Å². The van der Waals surface area contributed by atoms with Crippen molar-refractivity contribution in [1.82, 2.24) is 19.9 Å². The van der Waals surface area contributed by atoms with Gasteiger partial charge in [-0.05, 0) is 42.3 Å². The van der Waals surface area contributed by atoms with Crippen LogP contribution in [0.15, 0.2) is 60.8 Å². The molecule has 2 heterocycles. The lowest BCUT2D eigenvalue weighted by molar-refractivity contribution is 0.0958. The maximum atomic E-state index is 11.8. The van der Waals surface area contributed by atoms with Gasteiger partial charge in [0, 0.05) is 38.1 Å². The Morgan fingerprint density at radius 1 is 1.07 bits per heavy atom. The van der Waals surface area contributed by atoms with Crippen molar-refractivity contribution in [2.45, 2.75) is 13.3 Å². The lowest BCUT2D eigenvalue weighted by Crippen LogP contribution is -2.18. The molecule has 0 fully saturated rings. The van der Waals surface area contributed by atoms with Crippen LogP contribution in [0, 0.1) is 0 Å². The molecule has 0 saturated heterocycles. The highest BCUT2D eigenvalue weighted by molar-refractivity contribution is 5.92. The van der Waals surface area contributed by atoms with Crippen LogP contribution in [0.1, 0.15) is 23.0 Å². The first-order valence-corrected chi connectivity index (χ1v) is 9.76. The third-order valence-electron chi connectivity index (χ3n) is 4.90. The molecule has 152 valence electrons. The number of hydrogen-bond acceptors (Lipinski definition) is 5. The van der Waals surface area contributed by atoms with Crippen LogP contribution in [0.4, 0.5) is 11.6 Å². The summed E-state index contributed by atoms with van der Waals surface area (Å²) in [7, 11) is 3.54. The average molecular weight is 401 g/mol. The van der Waals surface area contributed by atoms with Crippen LogP contribution in [-0.4, -0.2) is 27.5 Å². The van der Waals surface area contributed by atoms with Crippen molar-refractivity contribution in [2.24, 2.45) is 7.05 Å². The number of nitrogens with one attached hydrogen (secondary N) is 2. The summed E-state index contributed by atoms with van der Waals surface area (Å²) in [5.41, 5.74) is 4.37. The molecule has 0 aliphatic heterocycles. The lowest BCUT2D eigenvalue weighted by Gasteiger charge is -2.07. The van der Waals surface area contributed by atoms with Crippen molar-refractivity contribution in [3.8, 4) is 11.5 Å². The van der Waals surface area contributed by atoms with E-state index in [1.54, 1.807) is 25.4 Å². The average Bonchev–Trinajstić information content (AvgIpc) is 3.08. The zero-order chi connectivity index (χ0) is 21.1. The van der Waals surface area contributed by atoms with Gasteiger partial charge in [0.05, 0.1) is 11.0 Å². The number of hydrogen-bond donors (Lipinski definition) is 2. The van der Waals surface area contributed by atoms with E-state index in [0.29, 0.717) is 17.2 Å². The van der Waals surface area contributed by atoms with Crippen LogP contribution in [-0.2, 0) is 13.5 Å². The molecule has 1 amide bonds. The van der Waals surface area contributed by atoms with Crippen LogP contribution in [0.25, 0.3) is 11.0 Å². The van der Waals surface area contributed by atoms with Gasteiger partial charge < -0.3 is 19.9 Å². The van der Waals surface area contributed by atoms with Gasteiger partial charge in [0.2, 0.25) is 5.95 Å². The predicted octanol–water partition coefficient (Wildman–Crippen LogP) is 4.43.